The number of hydrogen-bond donors (Lipinski definition) is 0. The number of thiazole rings is 1. The molecule has 8 nitrogen and oxygen atoms in total. The van der Waals surface area contributed by atoms with E-state index in [0.29, 0.717) is 35.2 Å². The first-order valence-electron chi connectivity index (χ1n) is 11.2. The van der Waals surface area contributed by atoms with Crippen LogP contribution in [0.5, 0.6) is 17.2 Å². The number of hydrogen-bond acceptors (Lipinski definition) is 8. The van der Waals surface area contributed by atoms with E-state index in [2.05, 4.69) is 27.0 Å². The third-order valence-corrected chi connectivity index (χ3v) is 7.22. The molecule has 1 aliphatic rings. The molecule has 3 heterocycles. The second-order valence-electron chi connectivity index (χ2n) is 8.09. The summed E-state index contributed by atoms with van der Waals surface area (Å²) in [4.78, 5) is 27.1. The summed E-state index contributed by atoms with van der Waals surface area (Å²) in [7, 11) is 4.74. The number of pyridine rings is 1. The van der Waals surface area contributed by atoms with Gasteiger partial charge in [-0.25, -0.2) is 4.98 Å². The standard InChI is InChI=1S/C25H30N4O4S/c1-17-23(34-24(27-17)19-15-20(31-2)22(33-4)21(16-19)32-3)25(30)29-13-11-28(12-14-29)10-7-18-5-8-26-9-6-18/h5-6,8-9,15-16H,7,10-14H2,1-4H3. The summed E-state index contributed by atoms with van der Waals surface area (Å²) < 4.78 is 16.3. The zero-order chi connectivity index (χ0) is 24.1. The molecule has 1 fully saturated rings. The second kappa shape index (κ2) is 10.8. The molecule has 0 unspecified atom stereocenters. The minimum absolute atomic E-state index is 0.0440. The Morgan fingerprint density at radius 3 is 2.24 bits per heavy atom. The SMILES string of the molecule is COc1cc(-c2nc(C)c(C(=O)N3CCN(CCc4ccncc4)CC3)s2)cc(OC)c1OC. The number of carbonyl (C=O) groups excluding carboxylic acids is 1. The van der Waals surface area contributed by atoms with Crippen LogP contribution < -0.4 is 14.2 Å². The molecule has 1 amide bonds. The Morgan fingerprint density at radius 1 is 1.00 bits per heavy atom. The topological polar surface area (TPSA) is 77.0 Å². The van der Waals surface area contributed by atoms with Gasteiger partial charge in [-0.2, -0.15) is 0 Å². The highest BCUT2D eigenvalue weighted by molar-refractivity contribution is 7.17. The van der Waals surface area contributed by atoms with Gasteiger partial charge in [-0.05, 0) is 43.2 Å². The zero-order valence-electron chi connectivity index (χ0n) is 20.0. The number of carbonyl (C=O) groups is 1. The maximum Gasteiger partial charge on any atom is 0.265 e. The quantitative estimate of drug-likeness (QED) is 0.486. The molecule has 2 aromatic heterocycles. The highest BCUT2D eigenvalue weighted by Crippen LogP contribution is 2.42. The van der Waals surface area contributed by atoms with E-state index in [9.17, 15) is 4.79 Å². The predicted octanol–water partition coefficient (Wildman–Crippen LogP) is 3.54. The fourth-order valence-electron chi connectivity index (χ4n) is 4.08. The van der Waals surface area contributed by atoms with Crippen molar-refractivity contribution in [1.29, 1.82) is 0 Å². The molecular formula is C25H30N4O4S. The Kier molecular flexibility index (Phi) is 7.64. The summed E-state index contributed by atoms with van der Waals surface area (Å²) in [6.07, 6.45) is 4.65. The van der Waals surface area contributed by atoms with Crippen molar-refractivity contribution in [3.8, 4) is 27.8 Å². The highest BCUT2D eigenvalue weighted by atomic mass is 32.1. The molecule has 0 bridgehead atoms. The van der Waals surface area contributed by atoms with Gasteiger partial charge in [0, 0.05) is 50.7 Å². The Balaban J connectivity index is 1.43. The minimum atomic E-state index is 0.0440. The number of aryl methyl sites for hydroxylation is 1. The molecule has 180 valence electrons. The first-order chi connectivity index (χ1) is 16.5. The van der Waals surface area contributed by atoms with Crippen LogP contribution in [0.1, 0.15) is 20.9 Å². The molecule has 1 aliphatic heterocycles. The van der Waals surface area contributed by atoms with Crippen molar-refractivity contribution in [3.63, 3.8) is 0 Å². The number of piperazine rings is 1. The molecule has 3 aromatic rings. The van der Waals surface area contributed by atoms with Crippen molar-refractivity contribution in [3.05, 3.63) is 52.8 Å². The number of nitrogens with zero attached hydrogens (tertiary/aromatic N) is 4. The van der Waals surface area contributed by atoms with E-state index in [1.165, 1.54) is 16.9 Å². The maximum absolute atomic E-state index is 13.3. The lowest BCUT2D eigenvalue weighted by molar-refractivity contribution is 0.0642. The molecule has 4 rings (SSSR count). The third-order valence-electron chi connectivity index (χ3n) is 6.03. The van der Waals surface area contributed by atoms with Crippen molar-refractivity contribution in [2.75, 3.05) is 54.1 Å². The Bertz CT molecular complexity index is 1100. The second-order valence-corrected chi connectivity index (χ2v) is 9.09. The lowest BCUT2D eigenvalue weighted by Crippen LogP contribution is -2.49. The van der Waals surface area contributed by atoms with Crippen LogP contribution in [0.25, 0.3) is 10.6 Å². The van der Waals surface area contributed by atoms with Gasteiger partial charge >= 0.3 is 0 Å². The van der Waals surface area contributed by atoms with Gasteiger partial charge in [-0.1, -0.05) is 0 Å². The van der Waals surface area contributed by atoms with Crippen LogP contribution in [0, 0.1) is 6.92 Å². The molecule has 0 spiro atoms. The fourth-order valence-corrected chi connectivity index (χ4v) is 5.10. The molecule has 34 heavy (non-hydrogen) atoms. The van der Waals surface area contributed by atoms with Crippen molar-refractivity contribution in [2.45, 2.75) is 13.3 Å². The summed E-state index contributed by atoms with van der Waals surface area (Å²) in [5.74, 6) is 1.68. The van der Waals surface area contributed by atoms with Gasteiger partial charge in [0.1, 0.15) is 9.88 Å². The van der Waals surface area contributed by atoms with Crippen LogP contribution in [0.3, 0.4) is 0 Å². The highest BCUT2D eigenvalue weighted by Gasteiger charge is 2.26. The summed E-state index contributed by atoms with van der Waals surface area (Å²) in [5.41, 5.74) is 2.84. The Hall–Kier alpha value is -3.17. The number of amides is 1. The Labute approximate surface area is 204 Å². The van der Waals surface area contributed by atoms with E-state index < -0.39 is 0 Å². The van der Waals surface area contributed by atoms with E-state index in [4.69, 9.17) is 14.2 Å². The van der Waals surface area contributed by atoms with E-state index in [-0.39, 0.29) is 5.91 Å². The number of methoxy groups -OCH3 is 3. The molecule has 1 saturated heterocycles. The monoisotopic (exact) mass is 482 g/mol. The van der Waals surface area contributed by atoms with Crippen molar-refractivity contribution >= 4 is 17.2 Å². The van der Waals surface area contributed by atoms with Gasteiger partial charge in [0.25, 0.3) is 5.91 Å². The minimum Gasteiger partial charge on any atom is -0.493 e. The van der Waals surface area contributed by atoms with Crippen molar-refractivity contribution in [1.82, 2.24) is 19.8 Å². The average Bonchev–Trinajstić information content (AvgIpc) is 3.28. The molecule has 0 saturated carbocycles. The molecular weight excluding hydrogens is 452 g/mol. The first kappa shape index (κ1) is 24.0. The zero-order valence-corrected chi connectivity index (χ0v) is 20.9. The fraction of sp³-hybridized carbons (Fsp3) is 0.400. The van der Waals surface area contributed by atoms with Gasteiger partial charge in [0.15, 0.2) is 11.5 Å². The summed E-state index contributed by atoms with van der Waals surface area (Å²) in [6, 6.07) is 7.82. The average molecular weight is 483 g/mol. The van der Waals surface area contributed by atoms with E-state index in [0.717, 1.165) is 42.3 Å². The lowest BCUT2D eigenvalue weighted by Gasteiger charge is -2.34. The molecule has 0 aliphatic carbocycles. The molecule has 9 heteroatoms. The van der Waals surface area contributed by atoms with Gasteiger partial charge in [-0.3, -0.25) is 14.7 Å². The lowest BCUT2D eigenvalue weighted by atomic mass is 10.2. The van der Waals surface area contributed by atoms with E-state index >= 15 is 0 Å². The number of rotatable bonds is 8. The van der Waals surface area contributed by atoms with Gasteiger partial charge < -0.3 is 19.1 Å². The summed E-state index contributed by atoms with van der Waals surface area (Å²) in [5, 5.41) is 0.746. The van der Waals surface area contributed by atoms with Crippen LogP contribution in [0.4, 0.5) is 0 Å². The normalized spacial score (nSPS) is 14.2. The smallest absolute Gasteiger partial charge is 0.265 e. The molecule has 0 N–H and O–H groups in total. The predicted molar refractivity (Wildman–Crippen MR) is 132 cm³/mol. The molecule has 1 aromatic carbocycles. The van der Waals surface area contributed by atoms with E-state index in [1.54, 1.807) is 21.3 Å². The van der Waals surface area contributed by atoms with Crippen molar-refractivity contribution < 1.29 is 19.0 Å². The summed E-state index contributed by atoms with van der Waals surface area (Å²) >= 11 is 1.40. The number of aromatic nitrogens is 2. The van der Waals surface area contributed by atoms with Crippen LogP contribution in [0.15, 0.2) is 36.7 Å². The largest absolute Gasteiger partial charge is 0.493 e. The van der Waals surface area contributed by atoms with Crippen LogP contribution in [-0.2, 0) is 6.42 Å². The van der Waals surface area contributed by atoms with Gasteiger partial charge in [-0.15, -0.1) is 11.3 Å². The third kappa shape index (κ3) is 5.15. The van der Waals surface area contributed by atoms with Gasteiger partial charge in [0.05, 0.1) is 27.0 Å². The number of ether oxygens (including phenoxy) is 3. The van der Waals surface area contributed by atoms with Crippen LogP contribution in [0.2, 0.25) is 0 Å². The number of benzene rings is 1. The summed E-state index contributed by atoms with van der Waals surface area (Å²) in [6.45, 7) is 6.04. The molecule has 0 radical (unpaired) electrons. The van der Waals surface area contributed by atoms with Crippen LogP contribution in [-0.4, -0.2) is 79.7 Å². The van der Waals surface area contributed by atoms with Gasteiger partial charge in [0.2, 0.25) is 5.75 Å². The van der Waals surface area contributed by atoms with Crippen molar-refractivity contribution in [2.24, 2.45) is 0 Å². The molecule has 0 atom stereocenters. The van der Waals surface area contributed by atoms with Crippen LogP contribution >= 0.6 is 11.3 Å². The Morgan fingerprint density at radius 2 is 1.65 bits per heavy atom. The maximum atomic E-state index is 13.3. The van der Waals surface area contributed by atoms with E-state index in [1.807, 2.05) is 36.4 Å². The first-order valence-corrected chi connectivity index (χ1v) is 12.0.